The molecule has 0 bridgehead atoms. The summed E-state index contributed by atoms with van der Waals surface area (Å²) >= 11 is 0. The molecule has 2 aromatic rings. The van der Waals surface area contributed by atoms with Crippen molar-refractivity contribution >= 4 is 17.5 Å². The summed E-state index contributed by atoms with van der Waals surface area (Å²) in [5, 5.41) is 0. The molecule has 0 saturated carbocycles. The van der Waals surface area contributed by atoms with E-state index in [1.807, 2.05) is 44.2 Å². The minimum atomic E-state index is -0.201. The number of rotatable bonds is 6. The molecule has 2 amide bonds. The molecular formula is C22H26N2O4. The van der Waals surface area contributed by atoms with Gasteiger partial charge in [0.2, 0.25) is 11.8 Å². The average molecular weight is 382 g/mol. The molecule has 0 N–H and O–H groups in total. The van der Waals surface area contributed by atoms with Crippen LogP contribution in [-0.2, 0) is 16.1 Å². The molecule has 1 aliphatic heterocycles. The zero-order valence-electron chi connectivity index (χ0n) is 16.6. The highest BCUT2D eigenvalue weighted by Crippen LogP contribution is 2.34. The van der Waals surface area contributed by atoms with Crippen LogP contribution in [0.2, 0.25) is 0 Å². The van der Waals surface area contributed by atoms with Crippen LogP contribution in [0.4, 0.5) is 5.69 Å². The van der Waals surface area contributed by atoms with Crippen LogP contribution in [0, 0.1) is 0 Å². The van der Waals surface area contributed by atoms with E-state index in [0.29, 0.717) is 36.9 Å². The van der Waals surface area contributed by atoms with Crippen LogP contribution in [0.5, 0.6) is 11.5 Å². The van der Waals surface area contributed by atoms with Gasteiger partial charge in [0.1, 0.15) is 19.8 Å². The number of amides is 2. The maximum Gasteiger partial charge on any atom is 0.243 e. The molecule has 1 aliphatic rings. The Balaban J connectivity index is 1.78. The SMILES string of the molecule is CC(=O)N(CC(=O)N(Cc1ccccc1)C(C)C)c1ccc2c(c1)OCCO2. The fourth-order valence-electron chi connectivity index (χ4n) is 3.15. The highest BCUT2D eigenvalue weighted by Gasteiger charge is 2.24. The van der Waals surface area contributed by atoms with E-state index in [9.17, 15) is 9.59 Å². The van der Waals surface area contributed by atoms with E-state index >= 15 is 0 Å². The first-order valence-electron chi connectivity index (χ1n) is 9.47. The standard InChI is InChI=1S/C22H26N2O4/c1-16(2)23(14-18-7-5-4-6-8-18)22(26)15-24(17(3)25)19-9-10-20-21(13-19)28-12-11-27-20/h4-10,13,16H,11-12,14-15H2,1-3H3. The van der Waals surface area contributed by atoms with Crippen molar-refractivity contribution in [2.75, 3.05) is 24.7 Å². The van der Waals surface area contributed by atoms with Gasteiger partial charge in [-0.3, -0.25) is 9.59 Å². The van der Waals surface area contributed by atoms with Crippen molar-refractivity contribution in [3.8, 4) is 11.5 Å². The predicted molar refractivity (Wildman–Crippen MR) is 108 cm³/mol. The van der Waals surface area contributed by atoms with Crippen LogP contribution in [0.3, 0.4) is 0 Å². The van der Waals surface area contributed by atoms with Crippen LogP contribution in [0.1, 0.15) is 26.3 Å². The van der Waals surface area contributed by atoms with Crippen molar-refractivity contribution in [3.63, 3.8) is 0 Å². The molecule has 0 saturated heterocycles. The molecule has 1 heterocycles. The molecule has 6 nitrogen and oxygen atoms in total. The number of fused-ring (bicyclic) bond motifs is 1. The monoisotopic (exact) mass is 382 g/mol. The average Bonchev–Trinajstić information content (AvgIpc) is 2.70. The molecule has 0 spiro atoms. The first-order chi connectivity index (χ1) is 13.5. The second-order valence-electron chi connectivity index (χ2n) is 7.03. The van der Waals surface area contributed by atoms with E-state index in [2.05, 4.69) is 0 Å². The first kappa shape index (κ1) is 19.7. The van der Waals surface area contributed by atoms with E-state index in [0.717, 1.165) is 5.56 Å². The van der Waals surface area contributed by atoms with Crippen molar-refractivity contribution in [1.29, 1.82) is 0 Å². The number of ether oxygens (including phenoxy) is 2. The molecule has 0 aliphatic carbocycles. The van der Waals surface area contributed by atoms with Gasteiger partial charge in [-0.25, -0.2) is 0 Å². The third-order valence-corrected chi connectivity index (χ3v) is 4.65. The zero-order valence-corrected chi connectivity index (χ0v) is 16.6. The largest absolute Gasteiger partial charge is 0.486 e. The molecule has 0 radical (unpaired) electrons. The van der Waals surface area contributed by atoms with Gasteiger partial charge in [-0.1, -0.05) is 30.3 Å². The van der Waals surface area contributed by atoms with Crippen LogP contribution < -0.4 is 14.4 Å². The number of carbonyl (C=O) groups excluding carboxylic acids is 2. The Bertz CT molecular complexity index is 836. The third-order valence-electron chi connectivity index (χ3n) is 4.65. The van der Waals surface area contributed by atoms with Crippen LogP contribution in [-0.4, -0.2) is 42.5 Å². The summed E-state index contributed by atoms with van der Waals surface area (Å²) in [4.78, 5) is 28.6. The van der Waals surface area contributed by atoms with Gasteiger partial charge in [-0.15, -0.1) is 0 Å². The second-order valence-corrected chi connectivity index (χ2v) is 7.03. The van der Waals surface area contributed by atoms with Gasteiger partial charge < -0.3 is 19.3 Å². The van der Waals surface area contributed by atoms with Crippen molar-refractivity contribution in [2.24, 2.45) is 0 Å². The quantitative estimate of drug-likeness (QED) is 0.770. The molecule has 6 heteroatoms. The lowest BCUT2D eigenvalue weighted by Gasteiger charge is -2.30. The normalized spacial score (nSPS) is 12.6. The molecule has 0 fully saturated rings. The van der Waals surface area contributed by atoms with Crippen molar-refractivity contribution in [1.82, 2.24) is 4.90 Å². The van der Waals surface area contributed by atoms with Crippen molar-refractivity contribution < 1.29 is 19.1 Å². The Labute approximate surface area is 165 Å². The van der Waals surface area contributed by atoms with E-state index in [1.54, 1.807) is 23.1 Å². The summed E-state index contributed by atoms with van der Waals surface area (Å²) in [7, 11) is 0. The lowest BCUT2D eigenvalue weighted by molar-refractivity contribution is -0.133. The van der Waals surface area contributed by atoms with Gasteiger partial charge in [0.25, 0.3) is 0 Å². The summed E-state index contributed by atoms with van der Waals surface area (Å²) in [5.74, 6) is 0.933. The van der Waals surface area contributed by atoms with Crippen molar-refractivity contribution in [2.45, 2.75) is 33.4 Å². The molecule has 2 aromatic carbocycles. The van der Waals surface area contributed by atoms with E-state index < -0.39 is 0 Å². The number of benzene rings is 2. The number of hydrogen-bond donors (Lipinski definition) is 0. The molecular weight excluding hydrogens is 356 g/mol. The molecule has 28 heavy (non-hydrogen) atoms. The number of nitrogens with zero attached hydrogens (tertiary/aromatic N) is 2. The topological polar surface area (TPSA) is 59.1 Å². The summed E-state index contributed by atoms with van der Waals surface area (Å²) in [6.07, 6.45) is 0. The van der Waals surface area contributed by atoms with Crippen LogP contribution >= 0.6 is 0 Å². The zero-order chi connectivity index (χ0) is 20.1. The fourth-order valence-corrected chi connectivity index (χ4v) is 3.15. The molecule has 0 aromatic heterocycles. The molecule has 148 valence electrons. The van der Waals surface area contributed by atoms with E-state index in [1.165, 1.54) is 11.8 Å². The van der Waals surface area contributed by atoms with Gasteiger partial charge in [-0.05, 0) is 31.5 Å². The van der Waals surface area contributed by atoms with Gasteiger partial charge in [0.15, 0.2) is 11.5 Å². The number of hydrogen-bond acceptors (Lipinski definition) is 4. The lowest BCUT2D eigenvalue weighted by Crippen LogP contribution is -2.44. The highest BCUT2D eigenvalue weighted by molar-refractivity contribution is 5.97. The Morgan fingerprint density at radius 1 is 1.00 bits per heavy atom. The highest BCUT2D eigenvalue weighted by atomic mass is 16.6. The van der Waals surface area contributed by atoms with Crippen molar-refractivity contribution in [3.05, 3.63) is 54.1 Å². The minimum absolute atomic E-state index is 0.0155. The third kappa shape index (κ3) is 4.63. The first-order valence-corrected chi connectivity index (χ1v) is 9.47. The Morgan fingerprint density at radius 2 is 1.68 bits per heavy atom. The second kappa shape index (κ2) is 8.78. The summed E-state index contributed by atoms with van der Waals surface area (Å²) in [6, 6.07) is 15.2. The van der Waals surface area contributed by atoms with Gasteiger partial charge in [0.05, 0.1) is 0 Å². The minimum Gasteiger partial charge on any atom is -0.486 e. The Kier molecular flexibility index (Phi) is 6.19. The van der Waals surface area contributed by atoms with Gasteiger partial charge in [0, 0.05) is 31.3 Å². The van der Waals surface area contributed by atoms with Crippen LogP contribution in [0.15, 0.2) is 48.5 Å². The van der Waals surface area contributed by atoms with E-state index in [-0.39, 0.29) is 24.4 Å². The van der Waals surface area contributed by atoms with Gasteiger partial charge >= 0.3 is 0 Å². The fraction of sp³-hybridized carbons (Fsp3) is 0.364. The Hall–Kier alpha value is -3.02. The Morgan fingerprint density at radius 3 is 2.32 bits per heavy atom. The smallest absolute Gasteiger partial charge is 0.243 e. The lowest BCUT2D eigenvalue weighted by atomic mass is 10.2. The number of carbonyl (C=O) groups is 2. The predicted octanol–water partition coefficient (Wildman–Crippen LogP) is 3.25. The molecule has 0 unspecified atom stereocenters. The maximum absolute atomic E-state index is 13.0. The summed E-state index contributed by atoms with van der Waals surface area (Å²) < 4.78 is 11.1. The van der Waals surface area contributed by atoms with Crippen LogP contribution in [0.25, 0.3) is 0 Å². The molecule has 3 rings (SSSR count). The summed E-state index contributed by atoms with van der Waals surface area (Å²) in [5.41, 5.74) is 1.67. The molecule has 0 atom stereocenters. The summed E-state index contributed by atoms with van der Waals surface area (Å²) in [6.45, 7) is 6.86. The van der Waals surface area contributed by atoms with E-state index in [4.69, 9.17) is 9.47 Å². The maximum atomic E-state index is 13.0. The number of anilines is 1. The van der Waals surface area contributed by atoms with Gasteiger partial charge in [-0.2, -0.15) is 0 Å².